The standard InChI is InChI=1S/C13H17N5O5/c1-6-15-10-7(11(21)16-6)14-5-17(10)12-8-9(20)13(4-19,23-12)3-18(8)22-2/h5,8-9,12,19-20H,3-4H2,1-2H3,(H,15,16,21)/t8-,9+,12-,13-/m1/s1. The molecule has 0 saturated carbocycles. The Morgan fingerprint density at radius 1 is 1.61 bits per heavy atom. The van der Waals surface area contributed by atoms with Crippen LogP contribution >= 0.6 is 0 Å². The van der Waals surface area contributed by atoms with Crippen molar-refractivity contribution >= 4 is 11.2 Å². The molecule has 0 unspecified atom stereocenters. The van der Waals surface area contributed by atoms with Crippen molar-refractivity contribution in [3.05, 3.63) is 22.5 Å². The van der Waals surface area contributed by atoms with Crippen molar-refractivity contribution in [2.45, 2.75) is 30.9 Å². The van der Waals surface area contributed by atoms with Gasteiger partial charge in [0.25, 0.3) is 5.56 Å². The number of hydroxylamine groups is 2. The fraction of sp³-hybridized carbons (Fsp3) is 0.615. The number of aliphatic hydroxyl groups excluding tert-OH is 2. The third-order valence-corrected chi connectivity index (χ3v) is 4.59. The van der Waals surface area contributed by atoms with Crippen LogP contribution in [0.3, 0.4) is 0 Å². The summed E-state index contributed by atoms with van der Waals surface area (Å²) in [5.41, 5.74) is -0.910. The van der Waals surface area contributed by atoms with E-state index in [-0.39, 0.29) is 24.2 Å². The molecule has 2 aromatic rings. The second-order valence-corrected chi connectivity index (χ2v) is 5.90. The number of aromatic nitrogens is 4. The lowest BCUT2D eigenvalue weighted by Gasteiger charge is -2.35. The summed E-state index contributed by atoms with van der Waals surface area (Å²) in [6.45, 7) is 1.58. The molecule has 0 aromatic carbocycles. The van der Waals surface area contributed by atoms with E-state index in [1.807, 2.05) is 0 Å². The van der Waals surface area contributed by atoms with Crippen molar-refractivity contribution in [1.29, 1.82) is 0 Å². The van der Waals surface area contributed by atoms with Crippen molar-refractivity contribution in [3.8, 4) is 0 Å². The molecule has 0 aliphatic carbocycles. The number of aromatic amines is 1. The highest BCUT2D eigenvalue weighted by atomic mass is 16.7. The number of nitrogens with zero attached hydrogens (tertiary/aromatic N) is 4. The number of hydrogen-bond donors (Lipinski definition) is 3. The van der Waals surface area contributed by atoms with Crippen molar-refractivity contribution in [1.82, 2.24) is 24.6 Å². The third kappa shape index (κ3) is 1.83. The maximum absolute atomic E-state index is 12.0. The first-order valence-electron chi connectivity index (χ1n) is 7.22. The molecule has 3 N–H and O–H groups in total. The molecule has 2 saturated heterocycles. The number of H-pyrrole nitrogens is 1. The van der Waals surface area contributed by atoms with Crippen LogP contribution in [0.5, 0.6) is 0 Å². The molecule has 2 fully saturated rings. The number of imidazole rings is 1. The highest BCUT2D eigenvalue weighted by Gasteiger charge is 2.64. The molecule has 2 aliphatic rings. The first-order valence-corrected chi connectivity index (χ1v) is 7.22. The largest absolute Gasteiger partial charge is 0.393 e. The zero-order valence-corrected chi connectivity index (χ0v) is 12.6. The van der Waals surface area contributed by atoms with Crippen LogP contribution in [0.25, 0.3) is 11.2 Å². The van der Waals surface area contributed by atoms with E-state index >= 15 is 0 Å². The lowest BCUT2D eigenvalue weighted by atomic mass is 10.0. The summed E-state index contributed by atoms with van der Waals surface area (Å²) in [6.07, 6.45) is -0.161. The Labute approximate surface area is 130 Å². The maximum atomic E-state index is 12.0. The van der Waals surface area contributed by atoms with Crippen molar-refractivity contribution in [2.24, 2.45) is 0 Å². The Hall–Kier alpha value is -1.85. The van der Waals surface area contributed by atoms with Gasteiger partial charge < -0.3 is 24.8 Å². The molecule has 2 aliphatic heterocycles. The van der Waals surface area contributed by atoms with E-state index in [1.165, 1.54) is 13.4 Å². The predicted molar refractivity (Wildman–Crippen MR) is 76.3 cm³/mol. The molecule has 4 rings (SSSR count). The first kappa shape index (κ1) is 14.7. The van der Waals surface area contributed by atoms with Gasteiger partial charge in [-0.2, -0.15) is 5.06 Å². The van der Waals surface area contributed by atoms with E-state index in [1.54, 1.807) is 16.6 Å². The molecular weight excluding hydrogens is 306 g/mol. The summed E-state index contributed by atoms with van der Waals surface area (Å²) in [5, 5.41) is 21.8. The van der Waals surface area contributed by atoms with E-state index in [9.17, 15) is 15.0 Å². The molecular formula is C13H17N5O5. The zero-order valence-electron chi connectivity index (χ0n) is 12.6. The third-order valence-electron chi connectivity index (χ3n) is 4.59. The summed E-state index contributed by atoms with van der Waals surface area (Å²) in [7, 11) is 1.49. The van der Waals surface area contributed by atoms with Gasteiger partial charge in [-0.1, -0.05) is 0 Å². The van der Waals surface area contributed by atoms with Crippen LogP contribution in [-0.2, 0) is 9.57 Å². The fourth-order valence-corrected chi connectivity index (χ4v) is 3.46. The molecule has 10 nitrogen and oxygen atoms in total. The van der Waals surface area contributed by atoms with Crippen molar-refractivity contribution in [2.75, 3.05) is 20.3 Å². The van der Waals surface area contributed by atoms with E-state index in [0.717, 1.165) is 0 Å². The number of hydrogen-bond acceptors (Lipinski definition) is 8. The molecule has 4 heterocycles. The predicted octanol–water partition coefficient (Wildman–Crippen LogP) is -1.71. The molecule has 0 radical (unpaired) electrons. The van der Waals surface area contributed by atoms with Gasteiger partial charge in [-0.25, -0.2) is 9.97 Å². The lowest BCUT2D eigenvalue weighted by molar-refractivity contribution is -0.239. The van der Waals surface area contributed by atoms with Gasteiger partial charge in [0.1, 0.15) is 23.6 Å². The monoisotopic (exact) mass is 323 g/mol. The van der Waals surface area contributed by atoms with Crippen molar-refractivity contribution < 1.29 is 19.8 Å². The van der Waals surface area contributed by atoms with Gasteiger partial charge >= 0.3 is 0 Å². The summed E-state index contributed by atoms with van der Waals surface area (Å²) in [5.74, 6) is 0.452. The SMILES string of the molecule is CON1C[C@]2(CO)O[C@@H](n3cnc4c(=O)[nH]c(C)nc43)[C@H]1[C@@H]2O. The molecule has 23 heavy (non-hydrogen) atoms. The molecule has 2 bridgehead atoms. The van der Waals surface area contributed by atoms with Gasteiger partial charge in [-0.3, -0.25) is 9.36 Å². The molecule has 4 atom stereocenters. The number of nitrogens with one attached hydrogen (secondary N) is 1. The van der Waals surface area contributed by atoms with Gasteiger partial charge in [0, 0.05) is 0 Å². The van der Waals surface area contributed by atoms with Crippen LogP contribution in [-0.4, -0.2) is 72.8 Å². The maximum Gasteiger partial charge on any atom is 0.279 e. The van der Waals surface area contributed by atoms with E-state index in [4.69, 9.17) is 9.57 Å². The summed E-state index contributed by atoms with van der Waals surface area (Å²) < 4.78 is 7.51. The Bertz CT molecular complexity index is 819. The van der Waals surface area contributed by atoms with E-state index in [0.29, 0.717) is 11.5 Å². The molecule has 10 heteroatoms. The summed E-state index contributed by atoms with van der Waals surface area (Å²) >= 11 is 0. The van der Waals surface area contributed by atoms with Crippen LogP contribution < -0.4 is 5.56 Å². The Kier molecular flexibility index (Phi) is 3.09. The Morgan fingerprint density at radius 3 is 3.04 bits per heavy atom. The molecule has 0 amide bonds. The van der Waals surface area contributed by atoms with Crippen LogP contribution in [0.1, 0.15) is 12.1 Å². The number of aryl methyl sites for hydroxylation is 1. The Balaban J connectivity index is 1.84. The molecule has 2 aromatic heterocycles. The number of rotatable bonds is 3. The Morgan fingerprint density at radius 2 is 2.39 bits per heavy atom. The second-order valence-electron chi connectivity index (χ2n) is 5.90. The van der Waals surface area contributed by atoms with Crippen LogP contribution in [0.2, 0.25) is 0 Å². The van der Waals surface area contributed by atoms with Gasteiger partial charge in [-0.05, 0) is 6.92 Å². The van der Waals surface area contributed by atoms with Crippen LogP contribution in [0.15, 0.2) is 11.1 Å². The highest BCUT2D eigenvalue weighted by molar-refractivity contribution is 5.69. The molecule has 0 spiro atoms. The van der Waals surface area contributed by atoms with Gasteiger partial charge in [0.2, 0.25) is 0 Å². The average Bonchev–Trinajstić information content (AvgIpc) is 3.15. The van der Waals surface area contributed by atoms with Gasteiger partial charge in [0.05, 0.1) is 26.6 Å². The summed E-state index contributed by atoms with van der Waals surface area (Å²) in [6, 6.07) is -0.536. The number of fused-ring (bicyclic) bond motifs is 3. The highest BCUT2D eigenvalue weighted by Crippen LogP contribution is 2.46. The first-order chi connectivity index (χ1) is 11.0. The number of ether oxygens (including phenoxy) is 1. The smallest absolute Gasteiger partial charge is 0.279 e. The number of aliphatic hydroxyl groups is 2. The summed E-state index contributed by atoms with van der Waals surface area (Å²) in [4.78, 5) is 28.2. The molecule has 124 valence electrons. The fourth-order valence-electron chi connectivity index (χ4n) is 3.46. The lowest BCUT2D eigenvalue weighted by Crippen LogP contribution is -2.47. The van der Waals surface area contributed by atoms with Crippen LogP contribution in [0.4, 0.5) is 0 Å². The van der Waals surface area contributed by atoms with Gasteiger partial charge in [0.15, 0.2) is 17.4 Å². The zero-order chi connectivity index (χ0) is 16.4. The van der Waals surface area contributed by atoms with E-state index in [2.05, 4.69) is 15.0 Å². The average molecular weight is 323 g/mol. The minimum absolute atomic E-state index is 0.193. The topological polar surface area (TPSA) is 126 Å². The minimum atomic E-state index is -1.13. The second kappa shape index (κ2) is 4.82. The van der Waals surface area contributed by atoms with E-state index < -0.39 is 24.0 Å². The van der Waals surface area contributed by atoms with Crippen LogP contribution in [0, 0.1) is 6.92 Å². The van der Waals surface area contributed by atoms with Crippen molar-refractivity contribution in [3.63, 3.8) is 0 Å². The minimum Gasteiger partial charge on any atom is -0.393 e. The number of morpholine rings is 1. The quantitative estimate of drug-likeness (QED) is 0.610. The normalized spacial score (nSPS) is 33.8. The van der Waals surface area contributed by atoms with Gasteiger partial charge in [-0.15, -0.1) is 0 Å².